The number of hydrogen-bond donors (Lipinski definition) is 1. The molecular weight excluding hydrogens is 624 g/mol. The zero-order valence-electron chi connectivity index (χ0n) is 30.1. The van der Waals surface area contributed by atoms with E-state index in [0.717, 1.165) is 77.4 Å². The molecule has 0 saturated carbocycles. The van der Waals surface area contributed by atoms with Crippen LogP contribution >= 0.6 is 0 Å². The molecule has 266 valence electrons. The number of pyridine rings is 2. The summed E-state index contributed by atoms with van der Waals surface area (Å²) in [5.41, 5.74) is 1.19. The van der Waals surface area contributed by atoms with Crippen LogP contribution in [0.3, 0.4) is 0 Å². The first-order valence-corrected chi connectivity index (χ1v) is 19.3. The minimum atomic E-state index is -0.338. The highest BCUT2D eigenvalue weighted by Gasteiger charge is 2.27. The van der Waals surface area contributed by atoms with Gasteiger partial charge in [-0.3, -0.25) is 33.4 Å². The fourth-order valence-electron chi connectivity index (χ4n) is 7.92. The van der Waals surface area contributed by atoms with Crippen molar-refractivity contribution in [2.75, 3.05) is 13.1 Å². The van der Waals surface area contributed by atoms with Crippen molar-refractivity contribution in [3.05, 3.63) is 90.5 Å². The second kappa shape index (κ2) is 16.8. The van der Waals surface area contributed by atoms with Gasteiger partial charge in [0.1, 0.15) is 0 Å². The van der Waals surface area contributed by atoms with Gasteiger partial charge < -0.3 is 5.11 Å². The van der Waals surface area contributed by atoms with Gasteiger partial charge in [-0.25, -0.2) is 0 Å². The Morgan fingerprint density at radius 2 is 1.28 bits per heavy atom. The van der Waals surface area contributed by atoms with E-state index in [4.69, 9.17) is 4.99 Å². The number of benzene rings is 3. The normalized spacial score (nSPS) is 15.0. The van der Waals surface area contributed by atoms with Crippen molar-refractivity contribution >= 4 is 21.5 Å². The fourth-order valence-corrected chi connectivity index (χ4v) is 7.92. The standard InChI is InChI=1S/C42H54N4O4/c1-3-5-7-9-11-16-24-45-39(47)32-20-21-33-37-36(32)34(41(45)49)28-35(38(37)42(50)46(40(33)48)25-17-12-10-8-6-4-2)43-31-22-26-44(27-23-31)29-30-18-14-13-15-19-30/h13-15,18-21,28,31,48H,3-12,16-17,22-27,29H2,1-2H3. The molecule has 1 aliphatic carbocycles. The number of likely N-dealkylation sites (tertiary alicyclic amines) is 1. The Bertz CT molecular complexity index is 2060. The molecule has 2 aliphatic heterocycles. The van der Waals surface area contributed by atoms with Gasteiger partial charge in [0.15, 0.2) is 0 Å². The average Bonchev–Trinajstić information content (AvgIpc) is 3.13. The molecular formula is C42H54N4O4. The van der Waals surface area contributed by atoms with Gasteiger partial charge in [-0.1, -0.05) is 108 Å². The van der Waals surface area contributed by atoms with Gasteiger partial charge in [0, 0.05) is 54.4 Å². The zero-order valence-corrected chi connectivity index (χ0v) is 30.1. The van der Waals surface area contributed by atoms with Crippen LogP contribution in [0.4, 0.5) is 0 Å². The van der Waals surface area contributed by atoms with Gasteiger partial charge in [0.2, 0.25) is 5.88 Å². The molecule has 0 atom stereocenters. The summed E-state index contributed by atoms with van der Waals surface area (Å²) in [6.07, 6.45) is 14.4. The lowest BCUT2D eigenvalue weighted by molar-refractivity contribution is 0.205. The molecule has 1 N–H and O–H groups in total. The summed E-state index contributed by atoms with van der Waals surface area (Å²) in [6.45, 7) is 7.82. The Labute approximate surface area is 295 Å². The maximum absolute atomic E-state index is 14.4. The number of piperidine rings is 1. The van der Waals surface area contributed by atoms with E-state index in [1.165, 1.54) is 46.8 Å². The minimum Gasteiger partial charge on any atom is -0.494 e. The van der Waals surface area contributed by atoms with Crippen LogP contribution in [0, 0.1) is 0 Å². The lowest BCUT2D eigenvalue weighted by Crippen LogP contribution is -2.38. The van der Waals surface area contributed by atoms with Gasteiger partial charge in [0.25, 0.3) is 16.7 Å². The third kappa shape index (κ3) is 7.65. The summed E-state index contributed by atoms with van der Waals surface area (Å²) in [7, 11) is 0. The number of nitrogens with zero attached hydrogens (tertiary/aromatic N) is 4. The quantitative estimate of drug-likeness (QED) is 0.0805. The third-order valence-corrected chi connectivity index (χ3v) is 10.8. The molecule has 3 heterocycles. The molecule has 3 aliphatic rings. The lowest BCUT2D eigenvalue weighted by Gasteiger charge is -2.30. The lowest BCUT2D eigenvalue weighted by atomic mass is 9.90. The molecule has 3 aromatic rings. The van der Waals surface area contributed by atoms with E-state index in [1.807, 2.05) is 6.07 Å². The van der Waals surface area contributed by atoms with Crippen LogP contribution in [0.5, 0.6) is 5.88 Å². The Hall–Kier alpha value is -4.04. The van der Waals surface area contributed by atoms with Gasteiger partial charge in [-0.05, 0) is 49.4 Å². The Balaban J connectivity index is 1.42. The molecule has 50 heavy (non-hydrogen) atoms. The highest BCUT2D eigenvalue weighted by atomic mass is 16.3. The van der Waals surface area contributed by atoms with Crippen molar-refractivity contribution in [2.45, 2.75) is 129 Å². The number of unbranched alkanes of at least 4 members (excludes halogenated alkanes) is 10. The first-order chi connectivity index (χ1) is 24.4. The molecule has 0 amide bonds. The maximum atomic E-state index is 14.4. The van der Waals surface area contributed by atoms with Crippen LogP contribution in [0.1, 0.15) is 109 Å². The number of rotatable bonds is 17. The second-order valence-electron chi connectivity index (χ2n) is 14.4. The Morgan fingerprint density at radius 3 is 1.94 bits per heavy atom. The van der Waals surface area contributed by atoms with E-state index in [1.54, 1.807) is 18.2 Å². The fraction of sp³-hybridized carbons (Fsp3) is 0.524. The van der Waals surface area contributed by atoms with Crippen LogP contribution in [0.15, 0.2) is 67.9 Å². The number of aromatic nitrogens is 2. The Morgan fingerprint density at radius 1 is 0.680 bits per heavy atom. The van der Waals surface area contributed by atoms with Gasteiger partial charge in [-0.2, -0.15) is 0 Å². The SMILES string of the molecule is CCCCCCCCn1c(O)c2ccc3c4c2c(c(=NC2CCN(Cc5ccccc5)CC2)cc-4c(=O)n(CCCCCCCC)c3=O)c1=O. The highest BCUT2D eigenvalue weighted by Crippen LogP contribution is 2.37. The summed E-state index contributed by atoms with van der Waals surface area (Å²) < 4.78 is 2.86. The predicted octanol–water partition coefficient (Wildman–Crippen LogP) is 7.65. The molecule has 1 saturated heterocycles. The van der Waals surface area contributed by atoms with E-state index in [9.17, 15) is 19.5 Å². The molecule has 0 bridgehead atoms. The summed E-state index contributed by atoms with van der Waals surface area (Å²) >= 11 is 0. The van der Waals surface area contributed by atoms with E-state index < -0.39 is 0 Å². The van der Waals surface area contributed by atoms with Crippen molar-refractivity contribution < 1.29 is 5.11 Å². The first kappa shape index (κ1) is 35.8. The van der Waals surface area contributed by atoms with Gasteiger partial charge in [0.05, 0.1) is 22.3 Å². The smallest absolute Gasteiger partial charge is 0.263 e. The van der Waals surface area contributed by atoms with E-state index in [0.29, 0.717) is 51.1 Å². The van der Waals surface area contributed by atoms with E-state index in [-0.39, 0.29) is 28.6 Å². The maximum Gasteiger partial charge on any atom is 0.263 e. The number of hydrogen-bond acceptors (Lipinski definition) is 6. The highest BCUT2D eigenvalue weighted by molar-refractivity contribution is 6.15. The molecule has 1 aromatic heterocycles. The third-order valence-electron chi connectivity index (χ3n) is 10.8. The summed E-state index contributed by atoms with van der Waals surface area (Å²) in [4.78, 5) is 50.1. The summed E-state index contributed by atoms with van der Waals surface area (Å²) in [6, 6.07) is 15.7. The molecule has 0 spiro atoms. The molecule has 6 rings (SSSR count). The largest absolute Gasteiger partial charge is 0.494 e. The van der Waals surface area contributed by atoms with Crippen molar-refractivity contribution in [1.29, 1.82) is 0 Å². The molecule has 1 fully saturated rings. The van der Waals surface area contributed by atoms with E-state index >= 15 is 0 Å². The van der Waals surface area contributed by atoms with Crippen LogP contribution < -0.4 is 22.0 Å². The topological polar surface area (TPSA) is 96.9 Å². The van der Waals surface area contributed by atoms with Gasteiger partial charge in [-0.15, -0.1) is 0 Å². The summed E-state index contributed by atoms with van der Waals surface area (Å²) in [5, 5.41) is 13.9. The monoisotopic (exact) mass is 678 g/mol. The Kier molecular flexibility index (Phi) is 12.0. The molecule has 2 aromatic carbocycles. The zero-order chi connectivity index (χ0) is 35.0. The van der Waals surface area contributed by atoms with E-state index in [2.05, 4.69) is 43.0 Å². The van der Waals surface area contributed by atoms with Crippen molar-refractivity contribution in [2.24, 2.45) is 4.99 Å². The van der Waals surface area contributed by atoms with Gasteiger partial charge >= 0.3 is 0 Å². The van der Waals surface area contributed by atoms with Crippen molar-refractivity contribution in [3.8, 4) is 17.0 Å². The molecule has 0 radical (unpaired) electrons. The average molecular weight is 679 g/mol. The van der Waals surface area contributed by atoms with Crippen LogP contribution in [0.25, 0.3) is 32.7 Å². The first-order valence-electron chi connectivity index (χ1n) is 19.3. The molecule has 8 heteroatoms. The van der Waals surface area contributed by atoms with Crippen LogP contribution in [-0.2, 0) is 19.6 Å². The van der Waals surface area contributed by atoms with Crippen LogP contribution in [-0.4, -0.2) is 38.3 Å². The number of aromatic hydroxyl groups is 1. The summed E-state index contributed by atoms with van der Waals surface area (Å²) in [5.74, 6) is -0.102. The molecule has 8 nitrogen and oxygen atoms in total. The molecule has 0 unspecified atom stereocenters. The minimum absolute atomic E-state index is 0.00609. The van der Waals surface area contributed by atoms with Crippen molar-refractivity contribution in [3.63, 3.8) is 0 Å². The van der Waals surface area contributed by atoms with Crippen molar-refractivity contribution in [1.82, 2.24) is 14.0 Å². The van der Waals surface area contributed by atoms with Crippen LogP contribution in [0.2, 0.25) is 0 Å². The second-order valence-corrected chi connectivity index (χ2v) is 14.4. The predicted molar refractivity (Wildman–Crippen MR) is 204 cm³/mol.